The molecule has 1 aromatic heterocycles. The molecule has 0 radical (unpaired) electrons. The van der Waals surface area contributed by atoms with Crippen molar-refractivity contribution in [1.82, 2.24) is 4.98 Å². The second-order valence-electron chi connectivity index (χ2n) is 7.43. The van der Waals surface area contributed by atoms with Gasteiger partial charge in [-0.05, 0) is 49.4 Å². The van der Waals surface area contributed by atoms with E-state index in [1.165, 1.54) is 88.0 Å². The van der Waals surface area contributed by atoms with E-state index >= 15 is 0 Å². The fourth-order valence-electron chi connectivity index (χ4n) is 3.43. The van der Waals surface area contributed by atoms with E-state index in [1.807, 2.05) is 12.3 Å². The molecule has 0 unspecified atom stereocenters. The lowest BCUT2D eigenvalue weighted by Gasteiger charge is -2.05. The van der Waals surface area contributed by atoms with Gasteiger partial charge in [-0.2, -0.15) is 0 Å². The van der Waals surface area contributed by atoms with Gasteiger partial charge in [0, 0.05) is 24.8 Å². The summed E-state index contributed by atoms with van der Waals surface area (Å²) >= 11 is 0. The normalized spacial score (nSPS) is 11.3. The van der Waals surface area contributed by atoms with Crippen LogP contribution in [0, 0.1) is 0 Å². The van der Waals surface area contributed by atoms with Crippen molar-refractivity contribution in [2.75, 3.05) is 13.2 Å². The maximum Gasteiger partial charge on any atom is 0.0702 e. The molecule has 2 nitrogen and oxygen atoms in total. The zero-order valence-corrected chi connectivity index (χ0v) is 16.7. The summed E-state index contributed by atoms with van der Waals surface area (Å²) in [6, 6.07) is 10.9. The van der Waals surface area contributed by atoms with Crippen molar-refractivity contribution in [3.8, 4) is 0 Å². The Balaban J connectivity index is 1.40. The van der Waals surface area contributed by atoms with Gasteiger partial charge in [-0.15, -0.1) is 0 Å². The molecule has 0 saturated carbocycles. The predicted molar refractivity (Wildman–Crippen MR) is 113 cm³/mol. The Morgan fingerprint density at radius 3 is 2.23 bits per heavy atom. The maximum atomic E-state index is 5.70. The zero-order chi connectivity index (χ0) is 18.3. The van der Waals surface area contributed by atoms with Gasteiger partial charge in [-0.1, -0.05) is 70.4 Å². The van der Waals surface area contributed by atoms with Crippen LogP contribution in [0.2, 0.25) is 0 Å². The SMILES string of the molecule is CCCCCCOCCCCCCCCCc1ccc2ncccc2c1. The molecular weight excluding hydrogens is 318 g/mol. The molecule has 2 aromatic rings. The van der Waals surface area contributed by atoms with Gasteiger partial charge in [0.05, 0.1) is 5.52 Å². The molecule has 2 heteroatoms. The summed E-state index contributed by atoms with van der Waals surface area (Å²) in [5.41, 5.74) is 2.54. The highest BCUT2D eigenvalue weighted by molar-refractivity contribution is 5.78. The average molecular weight is 356 g/mol. The van der Waals surface area contributed by atoms with Crippen molar-refractivity contribution < 1.29 is 4.74 Å². The van der Waals surface area contributed by atoms with Crippen molar-refractivity contribution in [1.29, 1.82) is 0 Å². The van der Waals surface area contributed by atoms with E-state index in [-0.39, 0.29) is 0 Å². The minimum absolute atomic E-state index is 0.961. The fraction of sp³-hybridized carbons (Fsp3) is 0.625. The van der Waals surface area contributed by atoms with E-state index in [0.717, 1.165) is 18.7 Å². The largest absolute Gasteiger partial charge is 0.381 e. The number of aromatic nitrogens is 1. The van der Waals surface area contributed by atoms with Crippen LogP contribution in [0.15, 0.2) is 36.5 Å². The number of hydrogen-bond acceptors (Lipinski definition) is 2. The van der Waals surface area contributed by atoms with E-state index in [1.54, 1.807) is 0 Å². The number of rotatable bonds is 15. The Bertz CT molecular complexity index is 596. The molecule has 1 aromatic carbocycles. The summed E-state index contributed by atoms with van der Waals surface area (Å²) in [6.07, 6.45) is 17.6. The molecule has 0 atom stereocenters. The Morgan fingerprint density at radius 2 is 1.46 bits per heavy atom. The van der Waals surface area contributed by atoms with Gasteiger partial charge in [-0.3, -0.25) is 4.98 Å². The maximum absolute atomic E-state index is 5.70. The van der Waals surface area contributed by atoms with Crippen LogP contribution in [0.5, 0.6) is 0 Å². The van der Waals surface area contributed by atoms with Crippen LogP contribution in [0.1, 0.15) is 83.1 Å². The topological polar surface area (TPSA) is 22.1 Å². The highest BCUT2D eigenvalue weighted by atomic mass is 16.5. The van der Waals surface area contributed by atoms with E-state index in [0.29, 0.717) is 0 Å². The second kappa shape index (κ2) is 13.7. The van der Waals surface area contributed by atoms with Crippen LogP contribution < -0.4 is 0 Å². The Morgan fingerprint density at radius 1 is 0.769 bits per heavy atom. The molecule has 0 fully saturated rings. The fourth-order valence-corrected chi connectivity index (χ4v) is 3.43. The Kier molecular flexibility index (Phi) is 11.1. The van der Waals surface area contributed by atoms with Crippen molar-refractivity contribution in [3.63, 3.8) is 0 Å². The lowest BCUT2D eigenvalue weighted by molar-refractivity contribution is 0.125. The summed E-state index contributed by atoms with van der Waals surface area (Å²) in [6.45, 7) is 4.18. The number of fused-ring (bicyclic) bond motifs is 1. The number of benzene rings is 1. The number of hydrogen-bond donors (Lipinski definition) is 0. The van der Waals surface area contributed by atoms with Gasteiger partial charge in [0.1, 0.15) is 0 Å². The van der Waals surface area contributed by atoms with E-state index in [2.05, 4.69) is 36.2 Å². The molecule has 1 heterocycles. The molecule has 144 valence electrons. The summed E-state index contributed by atoms with van der Waals surface area (Å²) in [4.78, 5) is 4.39. The molecule has 0 aliphatic heterocycles. The third kappa shape index (κ3) is 8.80. The average Bonchev–Trinajstić information content (AvgIpc) is 2.68. The van der Waals surface area contributed by atoms with Crippen molar-refractivity contribution in [2.24, 2.45) is 0 Å². The van der Waals surface area contributed by atoms with Crippen molar-refractivity contribution >= 4 is 10.9 Å². The minimum atomic E-state index is 0.961. The summed E-state index contributed by atoms with van der Waals surface area (Å²) in [5.74, 6) is 0. The first-order chi connectivity index (χ1) is 12.9. The third-order valence-corrected chi connectivity index (χ3v) is 5.06. The van der Waals surface area contributed by atoms with Crippen LogP contribution in [0.4, 0.5) is 0 Å². The number of aryl methyl sites for hydroxylation is 1. The summed E-state index contributed by atoms with van der Waals surface area (Å²) in [7, 11) is 0. The van der Waals surface area contributed by atoms with Gasteiger partial charge < -0.3 is 4.74 Å². The molecule has 0 amide bonds. The summed E-state index contributed by atoms with van der Waals surface area (Å²) < 4.78 is 5.70. The van der Waals surface area contributed by atoms with E-state index in [9.17, 15) is 0 Å². The first-order valence-corrected chi connectivity index (χ1v) is 10.8. The first kappa shape index (κ1) is 20.9. The number of ether oxygens (including phenoxy) is 1. The first-order valence-electron chi connectivity index (χ1n) is 10.8. The molecular formula is C24H37NO. The van der Waals surface area contributed by atoms with E-state index < -0.39 is 0 Å². The number of nitrogens with zero attached hydrogens (tertiary/aromatic N) is 1. The lowest BCUT2D eigenvalue weighted by atomic mass is 10.0. The van der Waals surface area contributed by atoms with Gasteiger partial charge in [0.15, 0.2) is 0 Å². The number of unbranched alkanes of at least 4 members (excludes halogenated alkanes) is 9. The van der Waals surface area contributed by atoms with Gasteiger partial charge in [0.25, 0.3) is 0 Å². The van der Waals surface area contributed by atoms with E-state index in [4.69, 9.17) is 4.74 Å². The van der Waals surface area contributed by atoms with Crippen molar-refractivity contribution in [3.05, 3.63) is 42.1 Å². The standard InChI is InChI=1S/C24H37NO/c1-2-3-4-11-19-26-20-12-9-7-5-6-8-10-14-22-16-17-24-23(21-22)15-13-18-25-24/h13,15-18,21H,2-12,14,19-20H2,1H3. The van der Waals surface area contributed by atoms with Crippen LogP contribution in [-0.2, 0) is 11.2 Å². The minimum Gasteiger partial charge on any atom is -0.381 e. The zero-order valence-electron chi connectivity index (χ0n) is 16.7. The monoisotopic (exact) mass is 355 g/mol. The third-order valence-electron chi connectivity index (χ3n) is 5.06. The van der Waals surface area contributed by atoms with Crippen LogP contribution in [0.3, 0.4) is 0 Å². The van der Waals surface area contributed by atoms with Crippen LogP contribution in [-0.4, -0.2) is 18.2 Å². The van der Waals surface area contributed by atoms with Gasteiger partial charge in [-0.25, -0.2) is 0 Å². The summed E-state index contributed by atoms with van der Waals surface area (Å²) in [5, 5.41) is 1.26. The smallest absolute Gasteiger partial charge is 0.0702 e. The lowest BCUT2D eigenvalue weighted by Crippen LogP contribution is -1.97. The Hall–Kier alpha value is -1.41. The number of pyridine rings is 1. The van der Waals surface area contributed by atoms with Crippen LogP contribution in [0.25, 0.3) is 10.9 Å². The van der Waals surface area contributed by atoms with Gasteiger partial charge in [0.2, 0.25) is 0 Å². The molecule has 2 rings (SSSR count). The van der Waals surface area contributed by atoms with Crippen molar-refractivity contribution in [2.45, 2.75) is 84.0 Å². The quantitative estimate of drug-likeness (QED) is 0.318. The molecule has 0 aliphatic carbocycles. The molecule has 0 bridgehead atoms. The predicted octanol–water partition coefficient (Wildman–Crippen LogP) is 7.10. The van der Waals surface area contributed by atoms with Crippen LogP contribution >= 0.6 is 0 Å². The molecule has 0 aliphatic rings. The molecule has 26 heavy (non-hydrogen) atoms. The molecule has 0 spiro atoms. The van der Waals surface area contributed by atoms with Gasteiger partial charge >= 0.3 is 0 Å². The highest BCUT2D eigenvalue weighted by Crippen LogP contribution is 2.16. The highest BCUT2D eigenvalue weighted by Gasteiger charge is 1.98. The molecule has 0 N–H and O–H groups in total. The Labute approximate surface area is 160 Å². The molecule has 0 saturated heterocycles. The second-order valence-corrected chi connectivity index (χ2v) is 7.43.